The number of hydrogen-bond acceptors (Lipinski definition) is 6. The number of methoxy groups -OCH3 is 1. The molecule has 35 heavy (non-hydrogen) atoms. The van der Waals surface area contributed by atoms with Gasteiger partial charge in [0.25, 0.3) is 10.0 Å². The monoisotopic (exact) mass is 530 g/mol. The fourth-order valence-electron chi connectivity index (χ4n) is 3.78. The second-order valence-electron chi connectivity index (χ2n) is 8.43. The molecule has 1 aliphatic heterocycles. The molecule has 12 heteroatoms. The average Bonchev–Trinajstić information content (AvgIpc) is 3.16. The topological polar surface area (TPSA) is 103 Å². The molecule has 0 bridgehead atoms. The van der Waals surface area contributed by atoms with Gasteiger partial charge in [-0.1, -0.05) is 13.0 Å². The summed E-state index contributed by atoms with van der Waals surface area (Å²) in [6, 6.07) is 9.31. The minimum atomic E-state index is -4.15. The second-order valence-corrected chi connectivity index (χ2v) is 10.8. The van der Waals surface area contributed by atoms with Crippen LogP contribution in [0, 0.1) is 5.92 Å². The van der Waals surface area contributed by atoms with Gasteiger partial charge in [-0.3, -0.25) is 9.52 Å². The van der Waals surface area contributed by atoms with E-state index in [1.807, 2.05) is 13.8 Å². The molecule has 192 valence electrons. The normalized spacial score (nSPS) is 19.1. The van der Waals surface area contributed by atoms with E-state index in [0.29, 0.717) is 12.1 Å². The molecule has 4 unspecified atom stereocenters. The molecule has 0 spiro atoms. The van der Waals surface area contributed by atoms with E-state index in [-0.39, 0.29) is 46.1 Å². The smallest absolute Gasteiger partial charge is 0.408 e. The van der Waals surface area contributed by atoms with Crippen LogP contribution in [0.1, 0.15) is 33.1 Å². The van der Waals surface area contributed by atoms with Crippen LogP contribution in [0.4, 0.5) is 20.2 Å². The van der Waals surface area contributed by atoms with Gasteiger partial charge in [-0.15, -0.1) is 0 Å². The summed E-state index contributed by atoms with van der Waals surface area (Å²) in [5.74, 6) is -4.24. The van der Waals surface area contributed by atoms with E-state index in [1.54, 1.807) is 0 Å². The van der Waals surface area contributed by atoms with Gasteiger partial charge in [0, 0.05) is 23.7 Å². The molecule has 0 aromatic heterocycles. The number of hydrogen-bond donors (Lipinski definition) is 2. The molecule has 0 saturated carbocycles. The lowest BCUT2D eigenvalue weighted by atomic mass is 10.0. The average molecular weight is 531 g/mol. The number of anilines is 2. The number of ether oxygens (including phenoxy) is 3. The Bertz CT molecular complexity index is 1160. The summed E-state index contributed by atoms with van der Waals surface area (Å²) in [6.45, 7) is 3.82. The lowest BCUT2D eigenvalue weighted by molar-refractivity contribution is -0.120. The maximum atomic E-state index is 13.1. The Kier molecular flexibility index (Phi) is 8.56. The molecule has 1 amide bonds. The van der Waals surface area contributed by atoms with Gasteiger partial charge in [-0.2, -0.15) is 8.78 Å². The largest absolute Gasteiger partial charge is 0.495 e. The van der Waals surface area contributed by atoms with Crippen molar-refractivity contribution >= 4 is 36.5 Å². The molecule has 3 rings (SSSR count). The Labute approximate surface area is 206 Å². The van der Waals surface area contributed by atoms with E-state index in [2.05, 4.69) is 14.8 Å². The van der Waals surface area contributed by atoms with Crippen LogP contribution in [0.2, 0.25) is 0 Å². The Balaban J connectivity index is 1.71. The number of nitrogens with one attached hydrogen (secondary N) is 2. The molecule has 1 heterocycles. The summed E-state index contributed by atoms with van der Waals surface area (Å²) < 4.78 is 69.9. The van der Waals surface area contributed by atoms with Crippen LogP contribution in [-0.4, -0.2) is 39.5 Å². The summed E-state index contributed by atoms with van der Waals surface area (Å²) >= 11 is 0. The number of rotatable bonds is 10. The number of alkyl halides is 2. The Hall–Kier alpha value is -2.49. The molecule has 2 aromatic carbocycles. The van der Waals surface area contributed by atoms with Crippen LogP contribution in [0.5, 0.6) is 11.5 Å². The van der Waals surface area contributed by atoms with Crippen LogP contribution >= 0.6 is 9.24 Å². The number of halogens is 2. The number of amides is 1. The lowest BCUT2D eigenvalue weighted by Gasteiger charge is -2.18. The van der Waals surface area contributed by atoms with Crippen molar-refractivity contribution in [2.24, 2.45) is 5.92 Å². The van der Waals surface area contributed by atoms with Crippen molar-refractivity contribution in [3.8, 4) is 11.5 Å². The fourth-order valence-corrected chi connectivity index (χ4v) is 5.12. The first-order chi connectivity index (χ1) is 16.4. The number of benzene rings is 2. The Morgan fingerprint density at radius 3 is 2.60 bits per heavy atom. The number of carbonyl (C=O) groups excluding carboxylic acids is 1. The van der Waals surface area contributed by atoms with E-state index >= 15 is 0 Å². The van der Waals surface area contributed by atoms with E-state index in [4.69, 9.17) is 9.47 Å². The molecule has 1 fully saturated rings. The Morgan fingerprint density at radius 2 is 1.97 bits per heavy atom. The molecule has 8 nitrogen and oxygen atoms in total. The van der Waals surface area contributed by atoms with Gasteiger partial charge in [0.15, 0.2) is 0 Å². The summed E-state index contributed by atoms with van der Waals surface area (Å²) in [5.41, 5.74) is 0.393. The molecule has 1 saturated heterocycles. The second kappa shape index (κ2) is 11.1. The first-order valence-electron chi connectivity index (χ1n) is 11.0. The highest BCUT2D eigenvalue weighted by molar-refractivity contribution is 7.92. The summed E-state index contributed by atoms with van der Waals surface area (Å²) in [6.07, 6.45) is 2.73. The minimum Gasteiger partial charge on any atom is -0.495 e. The van der Waals surface area contributed by atoms with E-state index in [1.165, 1.54) is 52.7 Å². The van der Waals surface area contributed by atoms with E-state index < -0.39 is 15.9 Å². The predicted molar refractivity (Wildman–Crippen MR) is 132 cm³/mol. The highest BCUT2D eigenvalue weighted by Gasteiger charge is 2.27. The standard InChI is InChI=1S/C23H29F2N2O6PS/c1-14(11-18-9-7-15(2)32-18)22(28)26-16-8-10-21(20(13-16)31-3)35(29,30)27-17-5-4-6-19(12-17)33-23(24,25)34/h4-6,8,10,12-15,18,27H,7,9,11,34H2,1-3H3,(H,26,28). The number of sulfonamides is 1. The van der Waals surface area contributed by atoms with Gasteiger partial charge in [0.05, 0.1) is 25.0 Å². The van der Waals surface area contributed by atoms with Gasteiger partial charge in [-0.05, 0) is 59.7 Å². The van der Waals surface area contributed by atoms with E-state index in [9.17, 15) is 22.0 Å². The molecule has 0 aliphatic carbocycles. The van der Waals surface area contributed by atoms with Gasteiger partial charge in [-0.25, -0.2) is 8.42 Å². The summed E-state index contributed by atoms with van der Waals surface area (Å²) in [5, 5.41) is 2.78. The molecular weight excluding hydrogens is 501 g/mol. The van der Waals surface area contributed by atoms with Crippen molar-refractivity contribution in [1.29, 1.82) is 0 Å². The van der Waals surface area contributed by atoms with Crippen LogP contribution in [0.15, 0.2) is 47.4 Å². The fraction of sp³-hybridized carbons (Fsp3) is 0.435. The minimum absolute atomic E-state index is 0.000185. The van der Waals surface area contributed by atoms with Crippen molar-refractivity contribution in [2.45, 2.75) is 56.1 Å². The third kappa shape index (κ3) is 7.75. The van der Waals surface area contributed by atoms with Crippen LogP contribution in [0.3, 0.4) is 0 Å². The highest BCUT2D eigenvalue weighted by atomic mass is 32.2. The van der Waals surface area contributed by atoms with E-state index in [0.717, 1.165) is 18.9 Å². The van der Waals surface area contributed by atoms with Crippen molar-refractivity contribution in [1.82, 2.24) is 0 Å². The van der Waals surface area contributed by atoms with Crippen molar-refractivity contribution in [3.63, 3.8) is 0 Å². The summed E-state index contributed by atoms with van der Waals surface area (Å²) in [4.78, 5) is 12.4. The van der Waals surface area contributed by atoms with Crippen LogP contribution in [-0.2, 0) is 19.6 Å². The molecule has 2 N–H and O–H groups in total. The summed E-state index contributed by atoms with van der Waals surface area (Å²) in [7, 11) is -1.61. The van der Waals surface area contributed by atoms with Gasteiger partial charge < -0.3 is 19.5 Å². The third-order valence-electron chi connectivity index (χ3n) is 5.44. The molecule has 0 radical (unpaired) electrons. The molecule has 4 atom stereocenters. The quantitative estimate of drug-likeness (QED) is 0.427. The van der Waals surface area contributed by atoms with Crippen molar-refractivity contribution < 1.29 is 36.2 Å². The van der Waals surface area contributed by atoms with Crippen LogP contribution < -0.4 is 19.5 Å². The first kappa shape index (κ1) is 27.1. The van der Waals surface area contributed by atoms with Crippen LogP contribution in [0.25, 0.3) is 0 Å². The maximum absolute atomic E-state index is 13.1. The van der Waals surface area contributed by atoms with Gasteiger partial charge in [0.2, 0.25) is 5.91 Å². The third-order valence-corrected chi connectivity index (χ3v) is 6.98. The SMILES string of the molecule is COc1cc(NC(=O)C(C)CC2CCC(C)O2)ccc1S(=O)(=O)Nc1cccc(OC(F)(F)P)c1. The van der Waals surface area contributed by atoms with Gasteiger partial charge in [0.1, 0.15) is 16.4 Å². The zero-order valence-electron chi connectivity index (χ0n) is 19.6. The predicted octanol–water partition coefficient (Wildman–Crippen LogP) is 4.83. The lowest BCUT2D eigenvalue weighted by Crippen LogP contribution is -2.24. The maximum Gasteiger partial charge on any atom is 0.408 e. The molecule has 1 aliphatic rings. The highest BCUT2D eigenvalue weighted by Crippen LogP contribution is 2.32. The number of carbonyl (C=O) groups is 1. The van der Waals surface area contributed by atoms with Crippen molar-refractivity contribution in [3.05, 3.63) is 42.5 Å². The Morgan fingerprint density at radius 1 is 1.23 bits per heavy atom. The zero-order chi connectivity index (χ0) is 25.8. The molecule has 2 aromatic rings. The molecular formula is C23H29F2N2O6PS. The van der Waals surface area contributed by atoms with Gasteiger partial charge >= 0.3 is 5.85 Å². The zero-order valence-corrected chi connectivity index (χ0v) is 21.6. The first-order valence-corrected chi connectivity index (χ1v) is 13.1. The van der Waals surface area contributed by atoms with Crippen molar-refractivity contribution in [2.75, 3.05) is 17.1 Å².